The number of benzene rings is 1. The number of esters is 1. The lowest BCUT2D eigenvalue weighted by Crippen LogP contribution is -2.40. The quantitative estimate of drug-likeness (QED) is 0.447. The summed E-state index contributed by atoms with van der Waals surface area (Å²) in [4.78, 5) is 25.8. The molecule has 2 heterocycles. The number of fused-ring (bicyclic) bond motifs is 1. The zero-order valence-electron chi connectivity index (χ0n) is 17.8. The molecule has 0 unspecified atom stereocenters. The largest absolute Gasteiger partial charge is 0.486 e. The van der Waals surface area contributed by atoms with Crippen molar-refractivity contribution in [2.75, 3.05) is 40.0 Å². The summed E-state index contributed by atoms with van der Waals surface area (Å²) in [5, 5.41) is 0. The van der Waals surface area contributed by atoms with Crippen LogP contribution in [0.3, 0.4) is 0 Å². The zero-order chi connectivity index (χ0) is 22.3. The van der Waals surface area contributed by atoms with Crippen LogP contribution in [-0.4, -0.2) is 65.2 Å². The van der Waals surface area contributed by atoms with E-state index in [-0.39, 0.29) is 22.7 Å². The number of nitrogens with one attached hydrogen (secondary N) is 1. The molecule has 0 saturated carbocycles. The summed E-state index contributed by atoms with van der Waals surface area (Å²) in [6, 6.07) is 4.57. The number of unbranched alkanes of at least 4 members (excludes halogenated alkanes) is 2. The molecule has 2 aliphatic rings. The normalized spacial score (nSPS) is 16.7. The van der Waals surface area contributed by atoms with Gasteiger partial charge in [-0.2, -0.15) is 0 Å². The number of methoxy groups -OCH3 is 1. The molecule has 1 amide bonds. The summed E-state index contributed by atoms with van der Waals surface area (Å²) >= 11 is 0. The number of piperidine rings is 1. The van der Waals surface area contributed by atoms with Gasteiger partial charge >= 0.3 is 5.97 Å². The molecule has 3 rings (SSSR count). The maximum atomic E-state index is 12.5. The Bertz CT molecular complexity index is 880. The molecule has 31 heavy (non-hydrogen) atoms. The SMILES string of the molecule is COC(=O)C1CCN(C(=O)CCCCCNS(=O)(=O)c2ccc3c(c2)OCCO3)CC1. The average molecular weight is 455 g/mol. The van der Waals surface area contributed by atoms with Crippen molar-refractivity contribution in [3.63, 3.8) is 0 Å². The van der Waals surface area contributed by atoms with Gasteiger partial charge in [0.25, 0.3) is 0 Å². The van der Waals surface area contributed by atoms with Crippen molar-refractivity contribution < 1.29 is 32.2 Å². The zero-order valence-corrected chi connectivity index (χ0v) is 18.6. The fourth-order valence-corrected chi connectivity index (χ4v) is 4.84. The Morgan fingerprint density at radius 1 is 1.10 bits per heavy atom. The van der Waals surface area contributed by atoms with E-state index in [1.54, 1.807) is 11.0 Å². The van der Waals surface area contributed by atoms with Crippen LogP contribution >= 0.6 is 0 Å². The van der Waals surface area contributed by atoms with Gasteiger partial charge < -0.3 is 19.1 Å². The molecule has 1 fully saturated rings. The van der Waals surface area contributed by atoms with Gasteiger partial charge in [-0.1, -0.05) is 6.42 Å². The number of hydrogen-bond acceptors (Lipinski definition) is 7. The van der Waals surface area contributed by atoms with Crippen LogP contribution in [0.1, 0.15) is 38.5 Å². The topological polar surface area (TPSA) is 111 Å². The number of carbonyl (C=O) groups is 2. The second-order valence-corrected chi connectivity index (χ2v) is 9.46. The van der Waals surface area contributed by atoms with Crippen LogP contribution in [0.4, 0.5) is 0 Å². The summed E-state index contributed by atoms with van der Waals surface area (Å²) in [7, 11) is -2.24. The number of sulfonamides is 1. The highest BCUT2D eigenvalue weighted by molar-refractivity contribution is 7.89. The summed E-state index contributed by atoms with van der Waals surface area (Å²) in [5.74, 6) is 0.745. The summed E-state index contributed by atoms with van der Waals surface area (Å²) in [5.41, 5.74) is 0. The molecule has 0 spiro atoms. The van der Waals surface area contributed by atoms with Gasteiger partial charge in [0.1, 0.15) is 13.2 Å². The molecule has 1 N–H and O–H groups in total. The monoisotopic (exact) mass is 454 g/mol. The molecule has 1 aromatic rings. The average Bonchev–Trinajstić information content (AvgIpc) is 2.80. The first-order chi connectivity index (χ1) is 14.9. The standard InChI is InChI=1S/C21H30N2O7S/c1-28-21(25)16-8-11-23(12-9-16)20(24)5-3-2-4-10-22-31(26,27)17-6-7-18-19(15-17)30-14-13-29-18/h6-7,15-16,22H,2-5,8-14H2,1H3. The lowest BCUT2D eigenvalue weighted by molar-refractivity contribution is -0.148. The first-order valence-corrected chi connectivity index (χ1v) is 12.1. The van der Waals surface area contributed by atoms with E-state index in [0.717, 1.165) is 6.42 Å². The molecule has 0 aliphatic carbocycles. The molecular weight excluding hydrogens is 424 g/mol. The maximum Gasteiger partial charge on any atom is 0.308 e. The first-order valence-electron chi connectivity index (χ1n) is 10.7. The molecule has 10 heteroatoms. The van der Waals surface area contributed by atoms with Crippen LogP contribution in [0.25, 0.3) is 0 Å². The minimum absolute atomic E-state index is 0.0835. The van der Waals surface area contributed by atoms with Crippen LogP contribution < -0.4 is 14.2 Å². The lowest BCUT2D eigenvalue weighted by atomic mass is 9.96. The van der Waals surface area contributed by atoms with Crippen LogP contribution in [0.2, 0.25) is 0 Å². The summed E-state index contributed by atoms with van der Waals surface area (Å²) < 4.78 is 43.1. The fraction of sp³-hybridized carbons (Fsp3) is 0.619. The summed E-state index contributed by atoms with van der Waals surface area (Å²) in [6.45, 7) is 2.30. The molecular formula is C21H30N2O7S. The van der Waals surface area contributed by atoms with Gasteiger partial charge in [-0.05, 0) is 37.8 Å². The fourth-order valence-electron chi connectivity index (χ4n) is 3.75. The number of likely N-dealkylation sites (tertiary alicyclic amines) is 1. The second-order valence-electron chi connectivity index (χ2n) is 7.69. The van der Waals surface area contributed by atoms with E-state index in [4.69, 9.17) is 14.2 Å². The van der Waals surface area contributed by atoms with Crippen molar-refractivity contribution in [1.29, 1.82) is 0 Å². The third-order valence-corrected chi connectivity index (χ3v) is 7.02. The molecule has 0 atom stereocenters. The Morgan fingerprint density at radius 2 is 1.81 bits per heavy atom. The highest BCUT2D eigenvalue weighted by Crippen LogP contribution is 2.32. The number of ether oxygens (including phenoxy) is 3. The number of carbonyl (C=O) groups excluding carboxylic acids is 2. The van der Waals surface area contributed by atoms with E-state index in [9.17, 15) is 18.0 Å². The van der Waals surface area contributed by atoms with Crippen molar-refractivity contribution >= 4 is 21.9 Å². The van der Waals surface area contributed by atoms with Crippen molar-refractivity contribution in [2.24, 2.45) is 5.92 Å². The van der Waals surface area contributed by atoms with Crippen LogP contribution in [-0.2, 0) is 24.3 Å². The van der Waals surface area contributed by atoms with Gasteiger partial charge in [0, 0.05) is 32.1 Å². The molecule has 2 aliphatic heterocycles. The number of rotatable bonds is 9. The predicted molar refractivity (Wildman–Crippen MR) is 112 cm³/mol. The van der Waals surface area contributed by atoms with Gasteiger partial charge in [-0.15, -0.1) is 0 Å². The smallest absolute Gasteiger partial charge is 0.308 e. The first kappa shape index (κ1) is 23.3. The Balaban J connectivity index is 1.33. The van der Waals surface area contributed by atoms with Crippen molar-refractivity contribution in [3.8, 4) is 11.5 Å². The van der Waals surface area contributed by atoms with Gasteiger partial charge in [-0.3, -0.25) is 9.59 Å². The van der Waals surface area contributed by atoms with E-state index in [0.29, 0.717) is 76.5 Å². The Kier molecular flexibility index (Phi) is 8.14. The molecule has 1 aromatic carbocycles. The molecule has 0 radical (unpaired) electrons. The highest BCUT2D eigenvalue weighted by Gasteiger charge is 2.27. The number of nitrogens with zero attached hydrogens (tertiary/aromatic N) is 1. The number of hydrogen-bond donors (Lipinski definition) is 1. The van der Waals surface area contributed by atoms with E-state index < -0.39 is 10.0 Å². The van der Waals surface area contributed by atoms with Crippen molar-refractivity contribution in [3.05, 3.63) is 18.2 Å². The predicted octanol–water partition coefficient (Wildman–Crippen LogP) is 1.71. The van der Waals surface area contributed by atoms with E-state index in [2.05, 4.69) is 4.72 Å². The van der Waals surface area contributed by atoms with Crippen molar-refractivity contribution in [2.45, 2.75) is 43.4 Å². The molecule has 0 bridgehead atoms. The molecule has 1 saturated heterocycles. The van der Waals surface area contributed by atoms with Gasteiger partial charge in [-0.25, -0.2) is 13.1 Å². The minimum atomic E-state index is -3.63. The minimum Gasteiger partial charge on any atom is -0.486 e. The lowest BCUT2D eigenvalue weighted by Gasteiger charge is -2.30. The second kappa shape index (κ2) is 10.8. The van der Waals surface area contributed by atoms with Crippen molar-refractivity contribution in [1.82, 2.24) is 9.62 Å². The highest BCUT2D eigenvalue weighted by atomic mass is 32.2. The Morgan fingerprint density at radius 3 is 2.52 bits per heavy atom. The third-order valence-electron chi connectivity index (χ3n) is 5.57. The molecule has 9 nitrogen and oxygen atoms in total. The van der Waals surface area contributed by atoms with E-state index >= 15 is 0 Å². The van der Waals surface area contributed by atoms with Gasteiger partial charge in [0.05, 0.1) is 17.9 Å². The van der Waals surface area contributed by atoms with E-state index in [1.165, 1.54) is 19.2 Å². The molecule has 172 valence electrons. The van der Waals surface area contributed by atoms with Gasteiger partial charge in [0.15, 0.2) is 11.5 Å². The Labute approximate surface area is 183 Å². The molecule has 0 aromatic heterocycles. The number of amides is 1. The summed E-state index contributed by atoms with van der Waals surface area (Å²) in [6.07, 6.45) is 3.79. The van der Waals surface area contributed by atoms with Crippen LogP contribution in [0.15, 0.2) is 23.1 Å². The Hall–Kier alpha value is -2.33. The van der Waals surface area contributed by atoms with E-state index in [1.807, 2.05) is 0 Å². The maximum absolute atomic E-state index is 12.5. The van der Waals surface area contributed by atoms with Gasteiger partial charge in [0.2, 0.25) is 15.9 Å². The van der Waals surface area contributed by atoms with Crippen LogP contribution in [0, 0.1) is 5.92 Å². The van der Waals surface area contributed by atoms with Crippen LogP contribution in [0.5, 0.6) is 11.5 Å². The third kappa shape index (κ3) is 6.33.